The Morgan fingerprint density at radius 2 is 1.91 bits per heavy atom. The van der Waals surface area contributed by atoms with Crippen LogP contribution in [0.1, 0.15) is 44.4 Å². The fraction of sp³-hybridized carbons (Fsp3) is 0.423. The summed E-state index contributed by atoms with van der Waals surface area (Å²) in [4.78, 5) is 11.9. The second-order valence-electron chi connectivity index (χ2n) is 9.72. The van der Waals surface area contributed by atoms with Crippen molar-refractivity contribution in [3.63, 3.8) is 0 Å². The number of aryl methyl sites for hydroxylation is 2. The predicted octanol–water partition coefficient (Wildman–Crippen LogP) is 4.80. The molecule has 1 fully saturated rings. The van der Waals surface area contributed by atoms with Crippen LogP contribution in [0, 0.1) is 12.8 Å². The van der Waals surface area contributed by atoms with Gasteiger partial charge in [-0.3, -0.25) is 9.67 Å². The SMILES string of the molecule is Cc1nn(CCCN2CC(C)C2)cc1-c1cnc2ccc(Nc3cc(C(C)C)cnn3)nc2c1. The molecule has 34 heavy (non-hydrogen) atoms. The van der Waals surface area contributed by atoms with Crippen LogP contribution >= 0.6 is 0 Å². The van der Waals surface area contributed by atoms with Crippen LogP contribution in [0.3, 0.4) is 0 Å². The topological polar surface area (TPSA) is 84.7 Å². The van der Waals surface area contributed by atoms with Crippen molar-refractivity contribution in [3.05, 3.63) is 54.1 Å². The summed E-state index contributed by atoms with van der Waals surface area (Å²) in [6.45, 7) is 13.2. The van der Waals surface area contributed by atoms with Crippen LogP contribution in [0.4, 0.5) is 11.6 Å². The molecule has 0 bridgehead atoms. The van der Waals surface area contributed by atoms with Gasteiger partial charge in [0.1, 0.15) is 5.82 Å². The lowest BCUT2D eigenvalue weighted by Gasteiger charge is -2.37. The van der Waals surface area contributed by atoms with Crippen molar-refractivity contribution in [2.45, 2.75) is 46.6 Å². The highest BCUT2D eigenvalue weighted by Crippen LogP contribution is 2.26. The van der Waals surface area contributed by atoms with Gasteiger partial charge in [0.05, 0.1) is 22.9 Å². The second kappa shape index (κ2) is 9.46. The van der Waals surface area contributed by atoms with Crippen LogP contribution in [0.2, 0.25) is 0 Å². The summed E-state index contributed by atoms with van der Waals surface area (Å²) >= 11 is 0. The van der Waals surface area contributed by atoms with Gasteiger partial charge in [-0.05, 0) is 61.6 Å². The van der Waals surface area contributed by atoms with E-state index < -0.39 is 0 Å². The van der Waals surface area contributed by atoms with Crippen LogP contribution in [-0.4, -0.2) is 54.5 Å². The Bertz CT molecular complexity index is 1290. The van der Waals surface area contributed by atoms with E-state index in [0.29, 0.717) is 11.7 Å². The van der Waals surface area contributed by atoms with Crippen LogP contribution in [0.25, 0.3) is 22.2 Å². The van der Waals surface area contributed by atoms with Crippen LogP contribution in [0.15, 0.2) is 42.9 Å². The first kappa shape index (κ1) is 22.4. The average Bonchev–Trinajstić information content (AvgIpc) is 3.18. The maximum absolute atomic E-state index is 4.78. The molecule has 1 N–H and O–H groups in total. The van der Waals surface area contributed by atoms with E-state index in [9.17, 15) is 0 Å². The lowest BCUT2D eigenvalue weighted by molar-refractivity contribution is 0.110. The summed E-state index contributed by atoms with van der Waals surface area (Å²) in [5.74, 6) is 2.64. The maximum atomic E-state index is 4.78. The Hall–Kier alpha value is -3.39. The molecule has 0 amide bonds. The Kier molecular flexibility index (Phi) is 6.24. The van der Waals surface area contributed by atoms with Crippen LogP contribution in [0.5, 0.6) is 0 Å². The van der Waals surface area contributed by atoms with Gasteiger partial charge in [0, 0.05) is 43.2 Å². The van der Waals surface area contributed by atoms with E-state index in [4.69, 9.17) is 10.1 Å². The minimum absolute atomic E-state index is 0.385. The van der Waals surface area contributed by atoms with Gasteiger partial charge in [0.25, 0.3) is 0 Å². The second-order valence-corrected chi connectivity index (χ2v) is 9.72. The maximum Gasteiger partial charge on any atom is 0.154 e. The number of hydrogen-bond acceptors (Lipinski definition) is 7. The lowest BCUT2D eigenvalue weighted by Crippen LogP contribution is -2.45. The lowest BCUT2D eigenvalue weighted by atomic mass is 10.0. The number of nitrogens with one attached hydrogen (secondary N) is 1. The molecular weight excluding hydrogens is 424 g/mol. The molecule has 0 spiro atoms. The third-order valence-corrected chi connectivity index (χ3v) is 6.39. The highest BCUT2D eigenvalue weighted by Gasteiger charge is 2.21. The largest absolute Gasteiger partial charge is 0.323 e. The summed E-state index contributed by atoms with van der Waals surface area (Å²) in [5, 5.41) is 16.3. The summed E-state index contributed by atoms with van der Waals surface area (Å²) in [7, 11) is 0. The molecule has 0 aliphatic carbocycles. The van der Waals surface area contributed by atoms with Crippen molar-refractivity contribution in [3.8, 4) is 11.1 Å². The van der Waals surface area contributed by atoms with E-state index in [-0.39, 0.29) is 0 Å². The van der Waals surface area contributed by atoms with Gasteiger partial charge in [0.2, 0.25) is 0 Å². The summed E-state index contributed by atoms with van der Waals surface area (Å²) in [6, 6.07) is 7.99. The van der Waals surface area contributed by atoms with Gasteiger partial charge in [-0.25, -0.2) is 4.98 Å². The molecule has 0 aromatic carbocycles. The first-order chi connectivity index (χ1) is 16.4. The molecule has 4 aromatic heterocycles. The monoisotopic (exact) mass is 456 g/mol. The Balaban J connectivity index is 1.32. The van der Waals surface area contributed by atoms with Crippen LogP contribution < -0.4 is 5.32 Å². The van der Waals surface area contributed by atoms with Gasteiger partial charge in [-0.2, -0.15) is 10.2 Å². The van der Waals surface area contributed by atoms with Crippen molar-refractivity contribution in [2.75, 3.05) is 25.0 Å². The minimum atomic E-state index is 0.385. The molecular formula is C26H32N8. The molecule has 5 rings (SSSR count). The number of nitrogens with zero attached hydrogens (tertiary/aromatic N) is 7. The number of rotatable bonds is 8. The quantitative estimate of drug-likeness (QED) is 0.408. The van der Waals surface area contributed by atoms with Gasteiger partial charge in [-0.15, -0.1) is 5.10 Å². The van der Waals surface area contributed by atoms with Crippen molar-refractivity contribution >= 4 is 22.7 Å². The predicted molar refractivity (Wildman–Crippen MR) is 135 cm³/mol. The van der Waals surface area contributed by atoms with E-state index in [2.05, 4.69) is 70.0 Å². The zero-order valence-corrected chi connectivity index (χ0v) is 20.4. The van der Waals surface area contributed by atoms with E-state index in [1.807, 2.05) is 24.4 Å². The van der Waals surface area contributed by atoms with Gasteiger partial charge in [0.15, 0.2) is 5.82 Å². The molecule has 1 aliphatic rings. The summed E-state index contributed by atoms with van der Waals surface area (Å²) in [5.41, 5.74) is 5.95. The zero-order chi connectivity index (χ0) is 23.7. The van der Waals surface area contributed by atoms with Crippen LogP contribution in [-0.2, 0) is 6.54 Å². The van der Waals surface area contributed by atoms with E-state index in [1.165, 1.54) is 13.1 Å². The highest BCUT2D eigenvalue weighted by atomic mass is 15.3. The van der Waals surface area contributed by atoms with E-state index in [1.54, 1.807) is 6.20 Å². The van der Waals surface area contributed by atoms with Crippen molar-refractivity contribution in [1.29, 1.82) is 0 Å². The van der Waals surface area contributed by atoms with Crippen molar-refractivity contribution < 1.29 is 0 Å². The Morgan fingerprint density at radius 1 is 1.06 bits per heavy atom. The summed E-state index contributed by atoms with van der Waals surface area (Å²) < 4.78 is 2.06. The fourth-order valence-electron chi connectivity index (χ4n) is 4.50. The molecule has 0 radical (unpaired) electrons. The molecule has 176 valence electrons. The molecule has 8 nitrogen and oxygen atoms in total. The Labute approximate surface area is 200 Å². The molecule has 1 saturated heterocycles. The molecule has 8 heteroatoms. The third-order valence-electron chi connectivity index (χ3n) is 6.39. The number of likely N-dealkylation sites (tertiary alicyclic amines) is 1. The van der Waals surface area contributed by atoms with E-state index in [0.717, 1.165) is 64.7 Å². The summed E-state index contributed by atoms with van der Waals surface area (Å²) in [6.07, 6.45) is 6.95. The average molecular weight is 457 g/mol. The molecule has 0 atom stereocenters. The first-order valence-corrected chi connectivity index (χ1v) is 12.1. The number of hydrogen-bond donors (Lipinski definition) is 1. The van der Waals surface area contributed by atoms with Gasteiger partial charge in [-0.1, -0.05) is 20.8 Å². The molecule has 4 aromatic rings. The number of fused-ring (bicyclic) bond motifs is 1. The number of pyridine rings is 2. The normalized spacial score (nSPS) is 14.6. The zero-order valence-electron chi connectivity index (χ0n) is 20.4. The molecule has 1 aliphatic heterocycles. The smallest absolute Gasteiger partial charge is 0.154 e. The highest BCUT2D eigenvalue weighted by molar-refractivity contribution is 5.82. The van der Waals surface area contributed by atoms with Gasteiger partial charge >= 0.3 is 0 Å². The first-order valence-electron chi connectivity index (χ1n) is 12.1. The van der Waals surface area contributed by atoms with Crippen molar-refractivity contribution in [2.24, 2.45) is 5.92 Å². The van der Waals surface area contributed by atoms with Gasteiger partial charge < -0.3 is 10.2 Å². The van der Waals surface area contributed by atoms with Crippen molar-refractivity contribution in [1.82, 2.24) is 34.8 Å². The minimum Gasteiger partial charge on any atom is -0.323 e. The molecule has 0 unspecified atom stereocenters. The molecule has 5 heterocycles. The number of anilines is 2. The van der Waals surface area contributed by atoms with E-state index >= 15 is 0 Å². The third kappa shape index (κ3) is 4.92. The standard InChI is InChI=1S/C26H32N8/c1-17(2)20-11-26(31-28-13-20)30-25-7-6-23-24(29-25)10-21(12-27-23)22-16-34(32-19(22)4)9-5-8-33-14-18(3)15-33/h6-7,10-13,16-18H,5,8-9,14-15H2,1-4H3,(H,29,30,31). The molecule has 0 saturated carbocycles. The Morgan fingerprint density at radius 3 is 2.71 bits per heavy atom. The fourth-order valence-corrected chi connectivity index (χ4v) is 4.50. The number of aromatic nitrogens is 6.